The molecule has 0 saturated carbocycles. The molecule has 0 aliphatic rings. The van der Waals surface area contributed by atoms with Gasteiger partial charge in [0.25, 0.3) is 5.91 Å². The van der Waals surface area contributed by atoms with Crippen LogP contribution >= 0.6 is 0 Å². The normalized spacial score (nSPS) is 10.3. The Morgan fingerprint density at radius 2 is 2.18 bits per heavy atom. The highest BCUT2D eigenvalue weighted by molar-refractivity contribution is 6.04. The number of halogens is 1. The van der Waals surface area contributed by atoms with Gasteiger partial charge in [0, 0.05) is 5.56 Å². The minimum Gasteiger partial charge on any atom is -0.432 e. The molecule has 5 heteroatoms. The van der Waals surface area contributed by atoms with E-state index >= 15 is 0 Å². The van der Waals surface area contributed by atoms with Crippen molar-refractivity contribution in [3.63, 3.8) is 0 Å². The van der Waals surface area contributed by atoms with Gasteiger partial charge in [-0.3, -0.25) is 10.1 Å². The first kappa shape index (κ1) is 11.3. The molecular formula is C12H11FN2O2. The SMILES string of the molecule is Cc1coc(NC(=O)c2ccc(F)cc2C)n1. The second-order valence-electron chi connectivity index (χ2n) is 3.71. The van der Waals surface area contributed by atoms with E-state index in [1.54, 1.807) is 13.8 Å². The van der Waals surface area contributed by atoms with E-state index in [-0.39, 0.29) is 17.7 Å². The summed E-state index contributed by atoms with van der Waals surface area (Å²) >= 11 is 0. The molecule has 4 nitrogen and oxygen atoms in total. The largest absolute Gasteiger partial charge is 0.432 e. The Hall–Kier alpha value is -2.17. The van der Waals surface area contributed by atoms with Crippen molar-refractivity contribution in [1.82, 2.24) is 4.98 Å². The summed E-state index contributed by atoms with van der Waals surface area (Å²) in [5.41, 5.74) is 1.63. The van der Waals surface area contributed by atoms with E-state index in [4.69, 9.17) is 4.42 Å². The molecule has 2 aromatic rings. The van der Waals surface area contributed by atoms with E-state index in [9.17, 15) is 9.18 Å². The zero-order valence-corrected chi connectivity index (χ0v) is 9.45. The van der Waals surface area contributed by atoms with Crippen LogP contribution in [0.1, 0.15) is 21.6 Å². The maximum absolute atomic E-state index is 12.9. The molecule has 0 unspecified atom stereocenters. The van der Waals surface area contributed by atoms with Crippen molar-refractivity contribution in [3.05, 3.63) is 47.1 Å². The quantitative estimate of drug-likeness (QED) is 0.869. The maximum Gasteiger partial charge on any atom is 0.301 e. The van der Waals surface area contributed by atoms with Gasteiger partial charge in [0.1, 0.15) is 12.1 Å². The Kier molecular flexibility index (Phi) is 2.91. The highest BCUT2D eigenvalue weighted by Gasteiger charge is 2.12. The van der Waals surface area contributed by atoms with Gasteiger partial charge >= 0.3 is 6.01 Å². The van der Waals surface area contributed by atoms with E-state index in [0.717, 1.165) is 0 Å². The molecule has 0 atom stereocenters. The third kappa shape index (κ3) is 2.50. The van der Waals surface area contributed by atoms with Crippen molar-refractivity contribution >= 4 is 11.9 Å². The lowest BCUT2D eigenvalue weighted by Gasteiger charge is -2.04. The van der Waals surface area contributed by atoms with Gasteiger partial charge in [0.2, 0.25) is 0 Å². The molecule has 0 aliphatic heterocycles. The summed E-state index contributed by atoms with van der Waals surface area (Å²) in [6.07, 6.45) is 1.44. The summed E-state index contributed by atoms with van der Waals surface area (Å²) in [5.74, 6) is -0.740. The summed E-state index contributed by atoms with van der Waals surface area (Å²) in [6, 6.07) is 4.10. The molecule has 0 spiro atoms. The van der Waals surface area contributed by atoms with E-state index in [1.165, 1.54) is 24.5 Å². The van der Waals surface area contributed by atoms with Crippen molar-refractivity contribution in [2.75, 3.05) is 5.32 Å². The van der Waals surface area contributed by atoms with Gasteiger partial charge in [-0.05, 0) is 37.6 Å². The number of nitrogens with one attached hydrogen (secondary N) is 1. The topological polar surface area (TPSA) is 55.1 Å². The number of nitrogens with zero attached hydrogens (tertiary/aromatic N) is 1. The second-order valence-corrected chi connectivity index (χ2v) is 3.71. The Labute approximate surface area is 97.5 Å². The molecule has 2 rings (SSSR count). The monoisotopic (exact) mass is 234 g/mol. The van der Waals surface area contributed by atoms with Crippen molar-refractivity contribution in [1.29, 1.82) is 0 Å². The smallest absolute Gasteiger partial charge is 0.301 e. The molecule has 1 aromatic carbocycles. The average molecular weight is 234 g/mol. The first-order chi connectivity index (χ1) is 8.06. The Balaban J connectivity index is 2.20. The molecule has 0 fully saturated rings. The first-order valence-corrected chi connectivity index (χ1v) is 5.06. The number of anilines is 1. The maximum atomic E-state index is 12.9. The molecule has 1 N–H and O–H groups in total. The molecule has 0 bridgehead atoms. The van der Waals surface area contributed by atoms with Gasteiger partial charge in [-0.15, -0.1) is 0 Å². The lowest BCUT2D eigenvalue weighted by Crippen LogP contribution is -2.13. The fourth-order valence-electron chi connectivity index (χ4n) is 1.46. The fourth-order valence-corrected chi connectivity index (χ4v) is 1.46. The number of aryl methyl sites for hydroxylation is 2. The van der Waals surface area contributed by atoms with Crippen LogP contribution in [-0.4, -0.2) is 10.9 Å². The lowest BCUT2D eigenvalue weighted by atomic mass is 10.1. The molecule has 0 saturated heterocycles. The number of carbonyl (C=O) groups is 1. The van der Waals surface area contributed by atoms with Crippen LogP contribution in [0.2, 0.25) is 0 Å². The summed E-state index contributed by atoms with van der Waals surface area (Å²) in [4.78, 5) is 15.8. The standard InChI is InChI=1S/C12H11FN2O2/c1-7-5-9(13)3-4-10(7)11(16)15-12-14-8(2)6-17-12/h3-6H,1-2H3,(H,14,15,16). The van der Waals surface area contributed by atoms with Crippen molar-refractivity contribution in [3.8, 4) is 0 Å². The minimum absolute atomic E-state index is 0.135. The zero-order valence-electron chi connectivity index (χ0n) is 9.45. The molecule has 1 amide bonds. The predicted molar refractivity (Wildman–Crippen MR) is 60.3 cm³/mol. The minimum atomic E-state index is -0.371. The third-order valence-corrected chi connectivity index (χ3v) is 2.27. The summed E-state index contributed by atoms with van der Waals surface area (Å²) in [6.45, 7) is 3.42. The number of hydrogen-bond donors (Lipinski definition) is 1. The molecular weight excluding hydrogens is 223 g/mol. The van der Waals surface area contributed by atoms with Crippen molar-refractivity contribution in [2.45, 2.75) is 13.8 Å². The van der Waals surface area contributed by atoms with Gasteiger partial charge in [-0.1, -0.05) is 0 Å². The van der Waals surface area contributed by atoms with E-state index in [0.29, 0.717) is 16.8 Å². The van der Waals surface area contributed by atoms with Crippen molar-refractivity contribution in [2.24, 2.45) is 0 Å². The van der Waals surface area contributed by atoms with Crippen LogP contribution in [0, 0.1) is 19.7 Å². The summed E-state index contributed by atoms with van der Waals surface area (Å²) in [5, 5.41) is 2.50. The van der Waals surface area contributed by atoms with Crippen LogP contribution in [0.5, 0.6) is 0 Å². The van der Waals surface area contributed by atoms with Gasteiger partial charge in [0.05, 0.1) is 5.69 Å². The number of oxazole rings is 1. The highest BCUT2D eigenvalue weighted by Crippen LogP contribution is 2.13. The van der Waals surface area contributed by atoms with Gasteiger partial charge in [-0.2, -0.15) is 4.98 Å². The number of hydrogen-bond acceptors (Lipinski definition) is 3. The lowest BCUT2D eigenvalue weighted by molar-refractivity contribution is 0.102. The number of benzene rings is 1. The molecule has 88 valence electrons. The Bertz CT molecular complexity index is 563. The summed E-state index contributed by atoms with van der Waals surface area (Å²) < 4.78 is 17.9. The molecule has 17 heavy (non-hydrogen) atoms. The summed E-state index contributed by atoms with van der Waals surface area (Å²) in [7, 11) is 0. The average Bonchev–Trinajstić information content (AvgIpc) is 2.63. The number of aromatic nitrogens is 1. The highest BCUT2D eigenvalue weighted by atomic mass is 19.1. The Morgan fingerprint density at radius 3 is 2.76 bits per heavy atom. The molecule has 0 aliphatic carbocycles. The number of amides is 1. The molecule has 0 radical (unpaired) electrons. The number of carbonyl (C=O) groups excluding carboxylic acids is 1. The van der Waals surface area contributed by atoms with E-state index in [1.807, 2.05) is 0 Å². The Morgan fingerprint density at radius 1 is 1.41 bits per heavy atom. The third-order valence-electron chi connectivity index (χ3n) is 2.27. The fraction of sp³-hybridized carbons (Fsp3) is 0.167. The molecule has 1 heterocycles. The van der Waals surface area contributed by atoms with Crippen LogP contribution in [0.3, 0.4) is 0 Å². The van der Waals surface area contributed by atoms with Gasteiger partial charge in [0.15, 0.2) is 0 Å². The number of rotatable bonds is 2. The molecule has 1 aromatic heterocycles. The van der Waals surface area contributed by atoms with Crippen LogP contribution < -0.4 is 5.32 Å². The zero-order chi connectivity index (χ0) is 12.4. The van der Waals surface area contributed by atoms with Crippen LogP contribution in [0.4, 0.5) is 10.4 Å². The van der Waals surface area contributed by atoms with Crippen LogP contribution in [0.25, 0.3) is 0 Å². The second kappa shape index (κ2) is 4.37. The van der Waals surface area contributed by atoms with Gasteiger partial charge in [-0.25, -0.2) is 4.39 Å². The van der Waals surface area contributed by atoms with Crippen LogP contribution in [-0.2, 0) is 0 Å². The van der Waals surface area contributed by atoms with Gasteiger partial charge < -0.3 is 4.42 Å². The van der Waals surface area contributed by atoms with Crippen LogP contribution in [0.15, 0.2) is 28.9 Å². The van der Waals surface area contributed by atoms with Crippen molar-refractivity contribution < 1.29 is 13.6 Å². The first-order valence-electron chi connectivity index (χ1n) is 5.06. The van der Waals surface area contributed by atoms with E-state index < -0.39 is 0 Å². The predicted octanol–water partition coefficient (Wildman–Crippen LogP) is 2.68. The van der Waals surface area contributed by atoms with E-state index in [2.05, 4.69) is 10.3 Å².